The molecule has 4 aliphatic carbocycles. The zero-order valence-corrected chi connectivity index (χ0v) is 24.6. The van der Waals surface area contributed by atoms with Crippen molar-refractivity contribution in [2.75, 3.05) is 7.11 Å². The minimum Gasteiger partial charge on any atom is -0.466 e. The van der Waals surface area contributed by atoms with Crippen molar-refractivity contribution in [2.45, 2.75) is 85.2 Å². The molecule has 0 saturated heterocycles. The summed E-state index contributed by atoms with van der Waals surface area (Å²) < 4.78 is 11.1. The van der Waals surface area contributed by atoms with Crippen molar-refractivity contribution in [3.05, 3.63) is 58.1 Å². The van der Waals surface area contributed by atoms with Crippen molar-refractivity contribution < 1.29 is 19.1 Å². The SMILES string of the molecule is COC(=O)C1=CC2=CC[C@H]3[C@@H]4CC[C@H](C(=O)OC(C)(C)C)[C@@]4(C)CC[C@@H]3[C@@]2(C)C[C@H]1Cc1ccc(Cl)cc1. The number of methoxy groups -OCH3 is 1. The van der Waals surface area contributed by atoms with Gasteiger partial charge in [0.05, 0.1) is 13.0 Å². The Kier molecular flexibility index (Phi) is 7.12. The summed E-state index contributed by atoms with van der Waals surface area (Å²) in [7, 11) is 1.48. The number of rotatable bonds is 4. The van der Waals surface area contributed by atoms with Crippen LogP contribution in [-0.4, -0.2) is 24.6 Å². The Labute approximate surface area is 233 Å². The summed E-state index contributed by atoms with van der Waals surface area (Å²) in [5, 5.41) is 0.722. The van der Waals surface area contributed by atoms with Gasteiger partial charge in [-0.2, -0.15) is 0 Å². The molecule has 7 atom stereocenters. The quantitative estimate of drug-likeness (QED) is 0.368. The Bertz CT molecular complexity index is 1160. The average Bonchev–Trinajstić information content (AvgIpc) is 3.20. The van der Waals surface area contributed by atoms with Crippen LogP contribution in [0.3, 0.4) is 0 Å². The second-order valence-electron chi connectivity index (χ2n) is 13.7. The van der Waals surface area contributed by atoms with Crippen LogP contribution in [0.25, 0.3) is 0 Å². The van der Waals surface area contributed by atoms with E-state index in [4.69, 9.17) is 21.1 Å². The molecule has 0 bridgehead atoms. The van der Waals surface area contributed by atoms with E-state index in [1.165, 1.54) is 18.2 Å². The number of hydrogen-bond acceptors (Lipinski definition) is 4. The van der Waals surface area contributed by atoms with E-state index in [9.17, 15) is 9.59 Å². The van der Waals surface area contributed by atoms with Crippen LogP contribution < -0.4 is 0 Å². The maximum Gasteiger partial charge on any atom is 0.334 e. The minimum atomic E-state index is -0.455. The molecule has 206 valence electrons. The standard InChI is InChI=1S/C33H43ClO4/c1-31(2,3)38-30(36)28-14-13-26-24-12-9-22-18-25(29(35)37-6)21(17-20-7-10-23(34)11-8-20)19-33(22,5)27(24)15-16-32(26,28)4/h7-11,18,21,24,26-28H,12-17,19H2,1-6H3/t21-,24+,26+,27+,28-,32+,33+/m1/s1. The minimum absolute atomic E-state index is 0.00284. The van der Waals surface area contributed by atoms with Gasteiger partial charge in [0.1, 0.15) is 5.60 Å². The fraction of sp³-hybridized carbons (Fsp3) is 0.636. The number of carbonyl (C=O) groups excluding carboxylic acids is 2. The van der Waals surface area contributed by atoms with E-state index in [0.29, 0.717) is 17.8 Å². The van der Waals surface area contributed by atoms with Gasteiger partial charge in [0.2, 0.25) is 0 Å². The van der Waals surface area contributed by atoms with Crippen LogP contribution in [-0.2, 0) is 25.5 Å². The lowest BCUT2D eigenvalue weighted by molar-refractivity contribution is -0.166. The summed E-state index contributed by atoms with van der Waals surface area (Å²) in [6.45, 7) is 10.7. The van der Waals surface area contributed by atoms with Crippen molar-refractivity contribution in [2.24, 2.45) is 40.4 Å². The first-order valence-corrected chi connectivity index (χ1v) is 14.7. The molecule has 5 rings (SSSR count). The van der Waals surface area contributed by atoms with E-state index < -0.39 is 5.60 Å². The molecule has 1 aromatic carbocycles. The first-order valence-electron chi connectivity index (χ1n) is 14.3. The van der Waals surface area contributed by atoms with E-state index in [2.05, 4.69) is 38.1 Å². The Morgan fingerprint density at radius 3 is 2.42 bits per heavy atom. The highest BCUT2D eigenvalue weighted by Crippen LogP contribution is 2.66. The fourth-order valence-corrected chi connectivity index (χ4v) is 8.83. The fourth-order valence-electron chi connectivity index (χ4n) is 8.71. The third-order valence-corrected chi connectivity index (χ3v) is 10.7. The number of fused-ring (bicyclic) bond motifs is 5. The molecule has 5 heteroatoms. The number of benzene rings is 1. The van der Waals surface area contributed by atoms with E-state index in [-0.39, 0.29) is 34.6 Å². The summed E-state index contributed by atoms with van der Waals surface area (Å²) in [4.78, 5) is 26.1. The topological polar surface area (TPSA) is 52.6 Å². The number of ether oxygens (including phenoxy) is 2. The molecule has 0 aromatic heterocycles. The first kappa shape index (κ1) is 27.5. The maximum atomic E-state index is 13.2. The number of halogens is 1. The molecule has 0 amide bonds. The molecule has 4 aliphatic rings. The van der Waals surface area contributed by atoms with Crippen LogP contribution in [0.2, 0.25) is 5.02 Å². The van der Waals surface area contributed by atoms with Crippen molar-refractivity contribution in [3.8, 4) is 0 Å². The highest BCUT2D eigenvalue weighted by atomic mass is 35.5. The summed E-state index contributed by atoms with van der Waals surface area (Å²) in [5.41, 5.74) is 2.82. The summed E-state index contributed by atoms with van der Waals surface area (Å²) in [5.74, 6) is 1.47. The second-order valence-corrected chi connectivity index (χ2v) is 14.2. The average molecular weight is 539 g/mol. The van der Waals surface area contributed by atoms with Crippen molar-refractivity contribution in [3.63, 3.8) is 0 Å². The molecular weight excluding hydrogens is 496 g/mol. The van der Waals surface area contributed by atoms with Crippen LogP contribution in [0, 0.1) is 40.4 Å². The molecule has 0 N–H and O–H groups in total. The number of allylic oxidation sites excluding steroid dienone is 3. The zero-order chi connectivity index (χ0) is 27.5. The molecule has 2 fully saturated rings. The molecule has 38 heavy (non-hydrogen) atoms. The van der Waals surface area contributed by atoms with Gasteiger partial charge < -0.3 is 9.47 Å². The third-order valence-electron chi connectivity index (χ3n) is 10.5. The Hall–Kier alpha value is -2.07. The van der Waals surface area contributed by atoms with E-state index in [1.807, 2.05) is 32.9 Å². The lowest BCUT2D eigenvalue weighted by Gasteiger charge is -2.57. The Balaban J connectivity index is 1.44. The molecule has 2 saturated carbocycles. The van der Waals surface area contributed by atoms with Crippen LogP contribution in [0.1, 0.15) is 78.7 Å². The lowest BCUT2D eigenvalue weighted by Crippen LogP contribution is -2.51. The largest absolute Gasteiger partial charge is 0.466 e. The van der Waals surface area contributed by atoms with Gasteiger partial charge in [-0.15, -0.1) is 0 Å². The maximum absolute atomic E-state index is 13.2. The van der Waals surface area contributed by atoms with Crippen molar-refractivity contribution in [1.82, 2.24) is 0 Å². The molecule has 1 aromatic rings. The van der Waals surface area contributed by atoms with Gasteiger partial charge in [0, 0.05) is 10.6 Å². The molecule has 0 spiro atoms. The predicted molar refractivity (Wildman–Crippen MR) is 151 cm³/mol. The molecule has 0 aliphatic heterocycles. The van der Waals surface area contributed by atoms with Gasteiger partial charge in [0.15, 0.2) is 0 Å². The van der Waals surface area contributed by atoms with Gasteiger partial charge in [0.25, 0.3) is 0 Å². The predicted octanol–water partition coefficient (Wildman–Crippen LogP) is 7.74. The van der Waals surface area contributed by atoms with Crippen LogP contribution in [0.5, 0.6) is 0 Å². The number of esters is 2. The van der Waals surface area contributed by atoms with E-state index in [1.54, 1.807) is 0 Å². The molecular formula is C33H43ClO4. The van der Waals surface area contributed by atoms with Crippen LogP contribution >= 0.6 is 11.6 Å². The zero-order valence-electron chi connectivity index (χ0n) is 23.8. The van der Waals surface area contributed by atoms with Crippen LogP contribution in [0.15, 0.2) is 47.6 Å². The molecule has 4 nitrogen and oxygen atoms in total. The highest BCUT2D eigenvalue weighted by molar-refractivity contribution is 6.30. The molecule has 0 heterocycles. The number of carbonyl (C=O) groups is 2. The van der Waals surface area contributed by atoms with Gasteiger partial charge in [-0.05, 0) is 130 Å². The Morgan fingerprint density at radius 2 is 1.76 bits per heavy atom. The molecule has 0 radical (unpaired) electrons. The smallest absolute Gasteiger partial charge is 0.334 e. The number of hydrogen-bond donors (Lipinski definition) is 0. The van der Waals surface area contributed by atoms with Crippen molar-refractivity contribution >= 4 is 23.5 Å². The normalized spacial score (nSPS) is 36.2. The second kappa shape index (κ2) is 9.84. The van der Waals surface area contributed by atoms with Crippen LogP contribution in [0.4, 0.5) is 0 Å². The van der Waals surface area contributed by atoms with E-state index >= 15 is 0 Å². The van der Waals surface area contributed by atoms with Gasteiger partial charge in [-0.3, -0.25) is 4.79 Å². The Morgan fingerprint density at radius 1 is 1.05 bits per heavy atom. The lowest BCUT2D eigenvalue weighted by atomic mass is 9.47. The van der Waals surface area contributed by atoms with Crippen molar-refractivity contribution in [1.29, 1.82) is 0 Å². The summed E-state index contributed by atoms with van der Waals surface area (Å²) in [6.07, 6.45) is 11.5. The first-order chi connectivity index (χ1) is 17.9. The van der Waals surface area contributed by atoms with Gasteiger partial charge in [-0.25, -0.2) is 4.79 Å². The van der Waals surface area contributed by atoms with Gasteiger partial charge >= 0.3 is 11.9 Å². The monoisotopic (exact) mass is 538 g/mol. The third kappa shape index (κ3) is 4.76. The van der Waals surface area contributed by atoms with Gasteiger partial charge in [-0.1, -0.05) is 43.7 Å². The van der Waals surface area contributed by atoms with E-state index in [0.717, 1.165) is 55.5 Å². The summed E-state index contributed by atoms with van der Waals surface area (Å²) in [6, 6.07) is 7.98. The summed E-state index contributed by atoms with van der Waals surface area (Å²) >= 11 is 6.14. The highest BCUT2D eigenvalue weighted by Gasteiger charge is 2.60. The molecule has 0 unspecified atom stereocenters.